The van der Waals surface area contributed by atoms with Crippen molar-refractivity contribution < 1.29 is 13.6 Å². The molecule has 0 amide bonds. The summed E-state index contributed by atoms with van der Waals surface area (Å²) in [6.45, 7) is 3.27. The van der Waals surface area contributed by atoms with Crippen LogP contribution in [0.25, 0.3) is 0 Å². The van der Waals surface area contributed by atoms with Crippen molar-refractivity contribution in [3.05, 3.63) is 71.3 Å². The van der Waals surface area contributed by atoms with E-state index in [1.54, 1.807) is 42.5 Å². The molecular weight excluding hydrogens is 258 g/mol. The van der Waals surface area contributed by atoms with Gasteiger partial charge in [0.05, 0.1) is 5.92 Å². The summed E-state index contributed by atoms with van der Waals surface area (Å²) in [5.41, 5.74) is 1.50. The zero-order chi connectivity index (χ0) is 14.8. The maximum Gasteiger partial charge on any atom is 0.316 e. The van der Waals surface area contributed by atoms with Crippen LogP contribution in [-0.4, -0.2) is 11.7 Å². The van der Waals surface area contributed by atoms with E-state index < -0.39 is 17.6 Å². The summed E-state index contributed by atoms with van der Waals surface area (Å²) in [7, 11) is 0. The summed E-state index contributed by atoms with van der Waals surface area (Å²) in [6, 6.07) is 14.5. The Morgan fingerprint density at radius 2 is 1.55 bits per heavy atom. The largest absolute Gasteiger partial charge is 0.316 e. The number of carbonyl (C=O) groups excluding carboxylic acids is 1. The van der Waals surface area contributed by atoms with Crippen LogP contribution in [0.15, 0.2) is 54.6 Å². The third-order valence-electron chi connectivity index (χ3n) is 3.46. The molecule has 0 heterocycles. The lowest BCUT2D eigenvalue weighted by Crippen LogP contribution is -2.34. The highest BCUT2D eigenvalue weighted by atomic mass is 19.3. The minimum atomic E-state index is -3.42. The zero-order valence-electron chi connectivity index (χ0n) is 11.4. The first-order valence-electron chi connectivity index (χ1n) is 6.47. The van der Waals surface area contributed by atoms with Gasteiger partial charge in [-0.2, -0.15) is 8.78 Å². The Bertz CT molecular complexity index is 588. The third-order valence-corrected chi connectivity index (χ3v) is 3.46. The second-order valence-electron chi connectivity index (χ2n) is 4.95. The maximum atomic E-state index is 14.3. The van der Waals surface area contributed by atoms with E-state index in [9.17, 15) is 13.6 Å². The first-order valence-corrected chi connectivity index (χ1v) is 6.47. The molecule has 1 unspecified atom stereocenters. The van der Waals surface area contributed by atoms with Crippen molar-refractivity contribution in [1.29, 1.82) is 0 Å². The van der Waals surface area contributed by atoms with Crippen LogP contribution in [-0.2, 0) is 0 Å². The molecule has 0 aliphatic carbocycles. The SMILES string of the molecule is Cc1ccc(C(C)C(F)(F)C(=O)c2ccccc2)cc1. The fourth-order valence-corrected chi connectivity index (χ4v) is 2.04. The summed E-state index contributed by atoms with van der Waals surface area (Å²) >= 11 is 0. The van der Waals surface area contributed by atoms with E-state index in [0.29, 0.717) is 5.56 Å². The molecule has 0 aromatic heterocycles. The number of Topliss-reactive ketones (excluding diaryl/α,β-unsaturated/α-hetero) is 1. The molecule has 2 aromatic rings. The van der Waals surface area contributed by atoms with E-state index in [0.717, 1.165) is 5.56 Å². The van der Waals surface area contributed by atoms with Crippen LogP contribution in [0.2, 0.25) is 0 Å². The minimum absolute atomic E-state index is 0.0384. The molecule has 0 aliphatic rings. The number of alkyl halides is 2. The molecule has 1 atom stereocenters. The van der Waals surface area contributed by atoms with Crippen molar-refractivity contribution in [2.45, 2.75) is 25.7 Å². The fourth-order valence-electron chi connectivity index (χ4n) is 2.04. The lowest BCUT2D eigenvalue weighted by atomic mass is 9.89. The number of hydrogen-bond donors (Lipinski definition) is 0. The minimum Gasteiger partial charge on any atom is -0.287 e. The van der Waals surface area contributed by atoms with Crippen LogP contribution >= 0.6 is 0 Å². The molecule has 0 fully saturated rings. The molecule has 104 valence electrons. The average molecular weight is 274 g/mol. The zero-order valence-corrected chi connectivity index (χ0v) is 11.4. The van der Waals surface area contributed by atoms with E-state index in [1.165, 1.54) is 19.1 Å². The van der Waals surface area contributed by atoms with E-state index in [2.05, 4.69) is 0 Å². The first-order chi connectivity index (χ1) is 9.43. The Balaban J connectivity index is 2.29. The predicted octanol–water partition coefficient (Wildman–Crippen LogP) is 4.62. The monoisotopic (exact) mass is 274 g/mol. The van der Waals surface area contributed by atoms with Gasteiger partial charge in [-0.3, -0.25) is 4.79 Å². The predicted molar refractivity (Wildman–Crippen MR) is 75.3 cm³/mol. The summed E-state index contributed by atoms with van der Waals surface area (Å²) in [5.74, 6) is -5.71. The number of benzene rings is 2. The summed E-state index contributed by atoms with van der Waals surface area (Å²) in [6.07, 6.45) is 0. The Morgan fingerprint density at radius 1 is 1.00 bits per heavy atom. The molecule has 20 heavy (non-hydrogen) atoms. The summed E-state index contributed by atoms with van der Waals surface area (Å²) in [5, 5.41) is 0. The van der Waals surface area contributed by atoms with Crippen molar-refractivity contribution in [1.82, 2.24) is 0 Å². The summed E-state index contributed by atoms with van der Waals surface area (Å²) in [4.78, 5) is 12.0. The number of halogens is 2. The molecule has 1 nitrogen and oxygen atoms in total. The Morgan fingerprint density at radius 3 is 2.10 bits per heavy atom. The molecular formula is C17H16F2O. The summed E-state index contributed by atoms with van der Waals surface area (Å²) < 4.78 is 28.7. The van der Waals surface area contributed by atoms with Gasteiger partial charge in [-0.15, -0.1) is 0 Å². The van der Waals surface area contributed by atoms with E-state index >= 15 is 0 Å². The van der Waals surface area contributed by atoms with Gasteiger partial charge in [-0.1, -0.05) is 67.1 Å². The van der Waals surface area contributed by atoms with E-state index in [4.69, 9.17) is 0 Å². The highest BCUT2D eigenvalue weighted by Gasteiger charge is 2.45. The average Bonchev–Trinajstić information content (AvgIpc) is 2.47. The van der Waals surface area contributed by atoms with Crippen LogP contribution in [0.5, 0.6) is 0 Å². The fraction of sp³-hybridized carbons (Fsp3) is 0.235. The highest BCUT2D eigenvalue weighted by molar-refractivity contribution is 6.01. The molecule has 0 saturated carbocycles. The number of ketones is 1. The normalized spacial score (nSPS) is 13.0. The molecule has 0 spiro atoms. The van der Waals surface area contributed by atoms with Gasteiger partial charge in [0, 0.05) is 5.56 Å². The van der Waals surface area contributed by atoms with Gasteiger partial charge in [-0.05, 0) is 12.5 Å². The Hall–Kier alpha value is -2.03. The Kier molecular flexibility index (Phi) is 3.98. The third kappa shape index (κ3) is 2.77. The van der Waals surface area contributed by atoms with Gasteiger partial charge in [0.25, 0.3) is 0 Å². The van der Waals surface area contributed by atoms with Crippen molar-refractivity contribution in [3.8, 4) is 0 Å². The smallest absolute Gasteiger partial charge is 0.287 e. The van der Waals surface area contributed by atoms with Gasteiger partial charge in [0.15, 0.2) is 0 Å². The molecule has 0 aliphatic heterocycles. The van der Waals surface area contributed by atoms with Gasteiger partial charge in [0.2, 0.25) is 5.78 Å². The first kappa shape index (κ1) is 14.4. The van der Waals surface area contributed by atoms with Gasteiger partial charge >= 0.3 is 5.92 Å². The van der Waals surface area contributed by atoms with Crippen molar-refractivity contribution in [3.63, 3.8) is 0 Å². The van der Waals surface area contributed by atoms with E-state index in [-0.39, 0.29) is 5.56 Å². The standard InChI is InChI=1S/C17H16F2O/c1-12-8-10-14(11-9-12)13(2)17(18,19)16(20)15-6-4-3-5-7-15/h3-11,13H,1-2H3. The number of carbonyl (C=O) groups is 1. The quantitative estimate of drug-likeness (QED) is 0.744. The van der Waals surface area contributed by atoms with Crippen molar-refractivity contribution in [2.24, 2.45) is 0 Å². The highest BCUT2D eigenvalue weighted by Crippen LogP contribution is 2.36. The lowest BCUT2D eigenvalue weighted by molar-refractivity contribution is -0.00460. The van der Waals surface area contributed by atoms with Crippen LogP contribution in [0.1, 0.15) is 34.3 Å². The number of hydrogen-bond acceptors (Lipinski definition) is 1. The maximum absolute atomic E-state index is 14.3. The Labute approximate surface area is 117 Å². The molecule has 0 saturated heterocycles. The molecule has 0 bridgehead atoms. The molecule has 3 heteroatoms. The second-order valence-corrected chi connectivity index (χ2v) is 4.95. The van der Waals surface area contributed by atoms with E-state index in [1.807, 2.05) is 6.92 Å². The van der Waals surface area contributed by atoms with Crippen LogP contribution in [0.4, 0.5) is 8.78 Å². The molecule has 0 radical (unpaired) electrons. The van der Waals surface area contributed by atoms with Crippen molar-refractivity contribution in [2.75, 3.05) is 0 Å². The van der Waals surface area contributed by atoms with Gasteiger partial charge in [0.1, 0.15) is 0 Å². The topological polar surface area (TPSA) is 17.1 Å². The number of rotatable bonds is 4. The van der Waals surface area contributed by atoms with Crippen LogP contribution < -0.4 is 0 Å². The molecule has 0 N–H and O–H groups in total. The van der Waals surface area contributed by atoms with Crippen molar-refractivity contribution >= 4 is 5.78 Å². The van der Waals surface area contributed by atoms with Gasteiger partial charge < -0.3 is 0 Å². The van der Waals surface area contributed by atoms with Crippen LogP contribution in [0.3, 0.4) is 0 Å². The van der Waals surface area contributed by atoms with Gasteiger partial charge in [-0.25, -0.2) is 0 Å². The molecule has 2 aromatic carbocycles. The molecule has 2 rings (SSSR count). The second kappa shape index (κ2) is 5.53. The number of aryl methyl sites for hydroxylation is 1. The van der Waals surface area contributed by atoms with Crippen LogP contribution in [0, 0.1) is 6.92 Å². The lowest BCUT2D eigenvalue weighted by Gasteiger charge is -2.23.